The van der Waals surface area contributed by atoms with Crippen molar-refractivity contribution in [2.24, 2.45) is 0 Å². The molecule has 0 heterocycles. The van der Waals surface area contributed by atoms with Gasteiger partial charge in [-0.25, -0.2) is 0 Å². The van der Waals surface area contributed by atoms with E-state index in [2.05, 4.69) is 80.7 Å². The molecule has 0 bridgehead atoms. The lowest BCUT2D eigenvalue weighted by Gasteiger charge is -2.28. The zero-order chi connectivity index (χ0) is 41.4. The normalized spacial score (nSPS) is 14.3. The number of carbonyl (C=O) groups excluding carboxylic acids is 2. The summed E-state index contributed by atoms with van der Waals surface area (Å²) in [6.45, 7) is 4.01. The van der Waals surface area contributed by atoms with Crippen molar-refractivity contribution < 1.29 is 42.1 Å². The second-order valence-corrected chi connectivity index (χ2v) is 16.7. The first kappa shape index (κ1) is 53.5. The van der Waals surface area contributed by atoms with E-state index in [0.29, 0.717) is 23.9 Å². The second kappa shape index (κ2) is 38.0. The highest BCUT2D eigenvalue weighted by molar-refractivity contribution is 7.45. The van der Waals surface area contributed by atoms with Crippen LogP contribution in [0, 0.1) is 0 Å². The van der Waals surface area contributed by atoms with E-state index in [9.17, 15) is 19.0 Å². The number of phosphoric acid groups is 1. The van der Waals surface area contributed by atoms with Crippen LogP contribution in [-0.4, -0.2) is 70.0 Å². The third-order valence-corrected chi connectivity index (χ3v) is 9.67. The number of esters is 2. The fourth-order valence-corrected chi connectivity index (χ4v) is 6.06. The van der Waals surface area contributed by atoms with E-state index in [1.807, 2.05) is 27.2 Å². The number of likely N-dealkylation sites (N-methyl/N-ethyl adjacent to an activating group) is 1. The van der Waals surface area contributed by atoms with Gasteiger partial charge in [0.15, 0.2) is 6.10 Å². The van der Waals surface area contributed by atoms with E-state index >= 15 is 0 Å². The number of nitrogens with zero attached hydrogens (tertiary/aromatic N) is 1. The smallest absolute Gasteiger partial charge is 0.306 e. The van der Waals surface area contributed by atoms with Crippen LogP contribution in [-0.2, 0) is 32.7 Å². The van der Waals surface area contributed by atoms with Crippen molar-refractivity contribution in [3.05, 3.63) is 72.9 Å². The van der Waals surface area contributed by atoms with Crippen LogP contribution in [0.5, 0.6) is 0 Å². The lowest BCUT2D eigenvalue weighted by molar-refractivity contribution is -0.870. The SMILES string of the molecule is CC/C=C/C/C=C/C/C=C/C/C=C/C/C=C/CCCC(=O)OC[C@H](COP(=O)([O-])OCC[N+](C)(C)C)OC(=O)CCCCC/C=C/CCCCCCCCCC. The molecule has 0 rings (SSSR count). The van der Waals surface area contributed by atoms with Gasteiger partial charge < -0.3 is 27.9 Å². The van der Waals surface area contributed by atoms with Crippen LogP contribution < -0.4 is 4.89 Å². The zero-order valence-corrected chi connectivity index (χ0v) is 36.9. The summed E-state index contributed by atoms with van der Waals surface area (Å²) in [6.07, 6.45) is 46.5. The first-order valence-electron chi connectivity index (χ1n) is 21.6. The van der Waals surface area contributed by atoms with Gasteiger partial charge in [0.2, 0.25) is 0 Å². The maximum Gasteiger partial charge on any atom is 0.306 e. The number of unbranched alkanes of at least 4 members (excludes halogenated alkanes) is 12. The fraction of sp³-hybridized carbons (Fsp3) is 0.696. The number of rotatable bonds is 38. The molecule has 0 saturated heterocycles. The first-order chi connectivity index (χ1) is 27.0. The topological polar surface area (TPSA) is 111 Å². The van der Waals surface area contributed by atoms with Crippen molar-refractivity contribution in [2.75, 3.05) is 47.5 Å². The monoisotopic (exact) mass is 806 g/mol. The van der Waals surface area contributed by atoms with Gasteiger partial charge in [-0.3, -0.25) is 14.2 Å². The highest BCUT2D eigenvalue weighted by Gasteiger charge is 2.21. The van der Waals surface area contributed by atoms with Gasteiger partial charge in [0.1, 0.15) is 19.8 Å². The molecule has 0 amide bonds. The van der Waals surface area contributed by atoms with Crippen LogP contribution in [0.25, 0.3) is 0 Å². The quantitative estimate of drug-likeness (QED) is 0.0199. The molecule has 0 fully saturated rings. The molecule has 1 unspecified atom stereocenters. The number of carbonyl (C=O) groups is 2. The Balaban J connectivity index is 4.50. The lowest BCUT2D eigenvalue weighted by atomic mass is 10.1. The maximum absolute atomic E-state index is 12.7. The van der Waals surface area contributed by atoms with E-state index in [1.54, 1.807) is 0 Å². The van der Waals surface area contributed by atoms with Gasteiger partial charge in [-0.1, -0.05) is 138 Å². The summed E-state index contributed by atoms with van der Waals surface area (Å²) in [5.41, 5.74) is 0. The number of quaternary nitrogens is 1. The van der Waals surface area contributed by atoms with E-state index in [-0.39, 0.29) is 26.1 Å². The van der Waals surface area contributed by atoms with Crippen LogP contribution in [0.1, 0.15) is 155 Å². The van der Waals surface area contributed by atoms with Gasteiger partial charge in [-0.05, 0) is 77.0 Å². The molecular weight excluding hydrogens is 725 g/mol. The maximum atomic E-state index is 12.7. The zero-order valence-electron chi connectivity index (χ0n) is 36.1. The Hall–Kier alpha value is -2.55. The van der Waals surface area contributed by atoms with Gasteiger partial charge in [-0.2, -0.15) is 0 Å². The van der Waals surface area contributed by atoms with Crippen LogP contribution in [0.3, 0.4) is 0 Å². The summed E-state index contributed by atoms with van der Waals surface area (Å²) in [7, 11) is 1.11. The Morgan fingerprint density at radius 3 is 1.59 bits per heavy atom. The van der Waals surface area contributed by atoms with Gasteiger partial charge in [-0.15, -0.1) is 0 Å². The standard InChI is InChI=1S/C46H80NO8P/c1-6-8-10-12-14-16-18-20-22-23-25-26-28-30-32-34-36-38-45(48)52-42-44(43-54-56(50,51)53-41-40-47(3,4)5)55-46(49)39-37-35-33-31-29-27-24-21-19-17-15-13-11-9-7-2/h8,10,14,16,20,22,25-27,29-30,32,44H,6-7,9,11-13,15,17-19,21,23-24,28,31,33-43H2,1-5H3/b10-8+,16-14+,22-20+,26-25+,29-27+,32-30+/t44-/m1/s1. The molecule has 0 saturated carbocycles. The Morgan fingerprint density at radius 2 is 1.04 bits per heavy atom. The Labute approximate surface area is 342 Å². The number of hydrogen-bond acceptors (Lipinski definition) is 8. The van der Waals surface area contributed by atoms with Gasteiger partial charge in [0.05, 0.1) is 27.7 Å². The summed E-state index contributed by atoms with van der Waals surface area (Å²) < 4.78 is 33.8. The fourth-order valence-electron chi connectivity index (χ4n) is 5.33. The van der Waals surface area contributed by atoms with Crippen molar-refractivity contribution in [1.29, 1.82) is 0 Å². The van der Waals surface area contributed by atoms with Crippen LogP contribution >= 0.6 is 7.82 Å². The Bertz CT molecular complexity index is 1180. The van der Waals surface area contributed by atoms with Crippen molar-refractivity contribution in [3.8, 4) is 0 Å². The summed E-state index contributed by atoms with van der Waals surface area (Å²) >= 11 is 0. The predicted octanol–water partition coefficient (Wildman–Crippen LogP) is 11.6. The molecule has 0 radical (unpaired) electrons. The molecule has 0 aromatic rings. The van der Waals surface area contributed by atoms with Crippen LogP contribution in [0.15, 0.2) is 72.9 Å². The molecule has 0 N–H and O–H groups in total. The van der Waals surface area contributed by atoms with Gasteiger partial charge >= 0.3 is 11.9 Å². The molecule has 56 heavy (non-hydrogen) atoms. The Kier molecular flexibility index (Phi) is 36.3. The van der Waals surface area contributed by atoms with E-state index in [4.69, 9.17) is 18.5 Å². The third-order valence-electron chi connectivity index (χ3n) is 8.71. The molecule has 2 atom stereocenters. The summed E-state index contributed by atoms with van der Waals surface area (Å²) in [5, 5.41) is 0. The Morgan fingerprint density at radius 1 is 0.571 bits per heavy atom. The van der Waals surface area contributed by atoms with E-state index in [1.165, 1.54) is 51.4 Å². The molecule has 0 spiro atoms. The highest BCUT2D eigenvalue weighted by atomic mass is 31.2. The van der Waals surface area contributed by atoms with Gasteiger partial charge in [0.25, 0.3) is 7.82 Å². The third kappa shape index (κ3) is 41.1. The molecule has 0 aromatic carbocycles. The molecule has 10 heteroatoms. The van der Waals surface area contributed by atoms with Crippen LogP contribution in [0.2, 0.25) is 0 Å². The number of phosphoric ester groups is 1. The number of hydrogen-bond donors (Lipinski definition) is 0. The molecule has 0 aliphatic carbocycles. The number of ether oxygens (including phenoxy) is 2. The van der Waals surface area contributed by atoms with Crippen molar-refractivity contribution in [3.63, 3.8) is 0 Å². The molecule has 9 nitrogen and oxygen atoms in total. The van der Waals surface area contributed by atoms with Crippen LogP contribution in [0.4, 0.5) is 0 Å². The average Bonchev–Trinajstić information content (AvgIpc) is 3.15. The largest absolute Gasteiger partial charge is 0.756 e. The predicted molar refractivity (Wildman–Crippen MR) is 231 cm³/mol. The summed E-state index contributed by atoms with van der Waals surface area (Å²) in [4.78, 5) is 37.5. The first-order valence-corrected chi connectivity index (χ1v) is 23.1. The number of allylic oxidation sites excluding steroid dienone is 12. The van der Waals surface area contributed by atoms with Crippen molar-refractivity contribution >= 4 is 19.8 Å². The van der Waals surface area contributed by atoms with Crippen molar-refractivity contribution in [1.82, 2.24) is 0 Å². The average molecular weight is 806 g/mol. The molecule has 0 aliphatic heterocycles. The highest BCUT2D eigenvalue weighted by Crippen LogP contribution is 2.38. The molecule has 0 aromatic heterocycles. The summed E-state index contributed by atoms with van der Waals surface area (Å²) in [5.74, 6) is -0.927. The van der Waals surface area contributed by atoms with Crippen molar-refractivity contribution in [2.45, 2.75) is 161 Å². The molecule has 0 aliphatic rings. The minimum atomic E-state index is -4.64. The molecule has 322 valence electrons. The molecular formula is C46H80NO8P. The summed E-state index contributed by atoms with van der Waals surface area (Å²) in [6, 6.07) is 0. The minimum Gasteiger partial charge on any atom is -0.756 e. The van der Waals surface area contributed by atoms with E-state index < -0.39 is 32.5 Å². The lowest BCUT2D eigenvalue weighted by Crippen LogP contribution is -2.37. The minimum absolute atomic E-state index is 0.0456. The second-order valence-electron chi connectivity index (χ2n) is 15.3. The van der Waals surface area contributed by atoms with E-state index in [0.717, 1.165) is 64.2 Å². The van der Waals surface area contributed by atoms with Gasteiger partial charge in [0, 0.05) is 12.8 Å².